The van der Waals surface area contributed by atoms with E-state index < -0.39 is 5.76 Å². The van der Waals surface area contributed by atoms with Crippen molar-refractivity contribution in [3.05, 3.63) is 76.9 Å². The van der Waals surface area contributed by atoms with Gasteiger partial charge in [0, 0.05) is 11.8 Å². The summed E-state index contributed by atoms with van der Waals surface area (Å²) in [6, 6.07) is 16.9. The topological polar surface area (TPSA) is 83.3 Å². The number of ether oxygens (including phenoxy) is 1. The van der Waals surface area contributed by atoms with Crippen molar-refractivity contribution in [2.24, 2.45) is 0 Å². The van der Waals surface area contributed by atoms with E-state index in [0.29, 0.717) is 17.9 Å². The van der Waals surface area contributed by atoms with Crippen LogP contribution in [0.1, 0.15) is 5.56 Å². The average molecular weight is 347 g/mol. The van der Waals surface area contributed by atoms with E-state index in [-0.39, 0.29) is 0 Å². The summed E-state index contributed by atoms with van der Waals surface area (Å²) in [5.74, 6) is 0.822. The number of hydrogen-bond donors (Lipinski definition) is 1. The zero-order valence-electron chi connectivity index (χ0n) is 14.2. The van der Waals surface area contributed by atoms with Gasteiger partial charge in [0.25, 0.3) is 0 Å². The summed E-state index contributed by atoms with van der Waals surface area (Å²) < 4.78 is 12.3. The molecule has 0 spiro atoms. The number of anilines is 1. The van der Waals surface area contributed by atoms with Gasteiger partial charge in [-0.05, 0) is 47.5 Å². The lowest BCUT2D eigenvalue weighted by atomic mass is 10.1. The van der Waals surface area contributed by atoms with Crippen molar-refractivity contribution in [1.29, 1.82) is 0 Å². The molecule has 0 bridgehead atoms. The van der Waals surface area contributed by atoms with E-state index in [4.69, 9.17) is 14.9 Å². The van der Waals surface area contributed by atoms with Gasteiger partial charge in [0.15, 0.2) is 5.58 Å². The van der Waals surface area contributed by atoms with Crippen LogP contribution in [0.4, 0.5) is 5.82 Å². The monoisotopic (exact) mass is 347 g/mol. The molecule has 26 heavy (non-hydrogen) atoms. The van der Waals surface area contributed by atoms with Crippen LogP contribution in [0.3, 0.4) is 0 Å². The van der Waals surface area contributed by atoms with E-state index in [9.17, 15) is 4.79 Å². The Bertz CT molecular complexity index is 1130. The third-order valence-electron chi connectivity index (χ3n) is 4.26. The highest BCUT2D eigenvalue weighted by molar-refractivity contribution is 5.80. The van der Waals surface area contributed by atoms with Crippen LogP contribution in [0.5, 0.6) is 5.75 Å². The number of hydrogen-bond acceptors (Lipinski definition) is 5. The van der Waals surface area contributed by atoms with Crippen molar-refractivity contribution in [2.75, 3.05) is 12.8 Å². The van der Waals surface area contributed by atoms with Crippen molar-refractivity contribution in [3.8, 4) is 16.9 Å². The fraction of sp³-hybridized carbons (Fsp3) is 0.100. The maximum Gasteiger partial charge on any atom is 0.420 e. The highest BCUT2D eigenvalue weighted by atomic mass is 16.5. The van der Waals surface area contributed by atoms with Gasteiger partial charge >= 0.3 is 5.76 Å². The first kappa shape index (κ1) is 16.0. The average Bonchev–Trinajstić information content (AvgIpc) is 2.97. The summed E-state index contributed by atoms with van der Waals surface area (Å²) in [5, 5.41) is 0. The number of pyridine rings is 1. The number of fused-ring (bicyclic) bond motifs is 1. The van der Waals surface area contributed by atoms with Crippen molar-refractivity contribution in [3.63, 3.8) is 0 Å². The molecule has 2 aromatic carbocycles. The lowest BCUT2D eigenvalue weighted by Crippen LogP contribution is -2.14. The van der Waals surface area contributed by atoms with Gasteiger partial charge < -0.3 is 14.9 Å². The number of nitrogens with two attached hydrogens (primary N) is 1. The normalized spacial score (nSPS) is 11.0. The maximum atomic E-state index is 12.3. The van der Waals surface area contributed by atoms with Crippen molar-refractivity contribution >= 4 is 16.9 Å². The van der Waals surface area contributed by atoms with Crippen LogP contribution in [-0.2, 0) is 6.54 Å². The molecule has 0 fully saturated rings. The summed E-state index contributed by atoms with van der Waals surface area (Å²) in [7, 11) is 1.62. The molecule has 0 atom stereocenters. The first-order valence-electron chi connectivity index (χ1n) is 8.12. The van der Waals surface area contributed by atoms with Gasteiger partial charge in [-0.25, -0.2) is 9.78 Å². The number of oxazole rings is 1. The molecule has 2 aromatic heterocycles. The summed E-state index contributed by atoms with van der Waals surface area (Å²) in [5.41, 5.74) is 9.68. The highest BCUT2D eigenvalue weighted by Crippen LogP contribution is 2.24. The molecular formula is C20H17N3O3. The maximum absolute atomic E-state index is 12.3. The van der Waals surface area contributed by atoms with Crippen molar-refractivity contribution < 1.29 is 9.15 Å². The van der Waals surface area contributed by atoms with Gasteiger partial charge in [-0.15, -0.1) is 0 Å². The van der Waals surface area contributed by atoms with Crippen LogP contribution in [0, 0.1) is 0 Å². The molecular weight excluding hydrogens is 330 g/mol. The third-order valence-corrected chi connectivity index (χ3v) is 4.26. The zero-order valence-corrected chi connectivity index (χ0v) is 14.2. The number of nitrogens with zero attached hydrogens (tertiary/aromatic N) is 2. The second-order valence-electron chi connectivity index (χ2n) is 5.96. The van der Waals surface area contributed by atoms with Crippen LogP contribution in [0.2, 0.25) is 0 Å². The number of methoxy groups -OCH3 is 1. The number of nitrogen functional groups attached to an aromatic ring is 1. The molecule has 0 unspecified atom stereocenters. The molecule has 0 amide bonds. The Morgan fingerprint density at radius 3 is 2.73 bits per heavy atom. The predicted octanol–water partition coefficient (Wildman–Crippen LogP) is 3.30. The number of rotatable bonds is 4. The van der Waals surface area contributed by atoms with Crippen LogP contribution >= 0.6 is 0 Å². The van der Waals surface area contributed by atoms with Gasteiger partial charge in [-0.3, -0.25) is 4.57 Å². The molecule has 0 aliphatic carbocycles. The smallest absolute Gasteiger partial charge is 0.420 e. The SMILES string of the molecule is COc1cccc(Cn2c(=O)oc3cc(-c4ccc(N)nc4)ccc32)c1. The standard InChI is InChI=1S/C20H17N3O3/c1-25-16-4-2-3-13(9-16)12-23-17-7-5-14(10-18(17)26-20(23)24)15-6-8-19(21)22-11-15/h2-11H,12H2,1H3,(H2,21,22). The minimum absolute atomic E-state index is 0.393. The minimum Gasteiger partial charge on any atom is -0.497 e. The summed E-state index contributed by atoms with van der Waals surface area (Å²) >= 11 is 0. The summed E-state index contributed by atoms with van der Waals surface area (Å²) in [4.78, 5) is 16.4. The van der Waals surface area contributed by atoms with Gasteiger partial charge in [-0.2, -0.15) is 0 Å². The Hall–Kier alpha value is -3.54. The van der Waals surface area contributed by atoms with Gasteiger partial charge in [-0.1, -0.05) is 18.2 Å². The second-order valence-corrected chi connectivity index (χ2v) is 5.96. The molecule has 0 saturated heterocycles. The van der Waals surface area contributed by atoms with E-state index in [0.717, 1.165) is 28.0 Å². The van der Waals surface area contributed by atoms with E-state index in [1.54, 1.807) is 23.9 Å². The predicted molar refractivity (Wildman–Crippen MR) is 100 cm³/mol. The summed E-state index contributed by atoms with van der Waals surface area (Å²) in [6.07, 6.45) is 1.70. The van der Waals surface area contributed by atoms with Crippen molar-refractivity contribution in [2.45, 2.75) is 6.54 Å². The molecule has 2 N–H and O–H groups in total. The lowest BCUT2D eigenvalue weighted by Gasteiger charge is -2.06. The Kier molecular flexibility index (Phi) is 3.93. The van der Waals surface area contributed by atoms with Gasteiger partial charge in [0.05, 0.1) is 19.2 Å². The molecule has 2 heterocycles. The second kappa shape index (κ2) is 6.40. The van der Waals surface area contributed by atoms with Crippen LogP contribution in [-0.4, -0.2) is 16.7 Å². The Balaban J connectivity index is 1.73. The molecule has 4 aromatic rings. The molecule has 0 saturated carbocycles. The number of aromatic nitrogens is 2. The zero-order chi connectivity index (χ0) is 18.1. The van der Waals surface area contributed by atoms with Gasteiger partial charge in [0.2, 0.25) is 0 Å². The quantitative estimate of drug-likeness (QED) is 0.612. The largest absolute Gasteiger partial charge is 0.497 e. The van der Waals surface area contributed by atoms with Crippen LogP contribution in [0.15, 0.2) is 70.0 Å². The molecule has 0 aliphatic rings. The highest BCUT2D eigenvalue weighted by Gasteiger charge is 2.11. The summed E-state index contributed by atoms with van der Waals surface area (Å²) in [6.45, 7) is 0.409. The molecule has 4 rings (SSSR count). The van der Waals surface area contributed by atoms with Crippen LogP contribution in [0.25, 0.3) is 22.2 Å². The van der Waals surface area contributed by atoms with Crippen molar-refractivity contribution in [1.82, 2.24) is 9.55 Å². The van der Waals surface area contributed by atoms with E-state index in [1.165, 1.54) is 0 Å². The molecule has 6 heteroatoms. The molecule has 6 nitrogen and oxygen atoms in total. The molecule has 0 radical (unpaired) electrons. The van der Waals surface area contributed by atoms with Crippen LogP contribution < -0.4 is 16.2 Å². The minimum atomic E-state index is -0.393. The lowest BCUT2D eigenvalue weighted by molar-refractivity contribution is 0.414. The Labute approximate surface area is 149 Å². The molecule has 0 aliphatic heterocycles. The number of benzene rings is 2. The fourth-order valence-electron chi connectivity index (χ4n) is 2.93. The van der Waals surface area contributed by atoms with Gasteiger partial charge in [0.1, 0.15) is 11.6 Å². The van der Waals surface area contributed by atoms with E-state index in [1.807, 2.05) is 48.5 Å². The first-order valence-corrected chi connectivity index (χ1v) is 8.12. The van der Waals surface area contributed by atoms with E-state index >= 15 is 0 Å². The van der Waals surface area contributed by atoms with E-state index in [2.05, 4.69) is 4.98 Å². The Morgan fingerprint density at radius 1 is 1.12 bits per heavy atom. The fourth-order valence-corrected chi connectivity index (χ4v) is 2.93. The molecule has 130 valence electrons. The first-order chi connectivity index (χ1) is 12.6. The third kappa shape index (κ3) is 2.93. The Morgan fingerprint density at radius 2 is 1.96 bits per heavy atom.